The van der Waals surface area contributed by atoms with Gasteiger partial charge in [0.1, 0.15) is 18.2 Å². The number of hydrogen-bond donors (Lipinski definition) is 2. The fourth-order valence-corrected chi connectivity index (χ4v) is 1.92. The average molecular weight is 297 g/mol. The van der Waals surface area contributed by atoms with Crippen molar-refractivity contribution in [2.75, 3.05) is 43.7 Å². The van der Waals surface area contributed by atoms with E-state index in [0.717, 1.165) is 18.9 Å². The van der Waals surface area contributed by atoms with Gasteiger partial charge in [0.25, 0.3) is 0 Å². The lowest BCUT2D eigenvalue weighted by Gasteiger charge is -2.26. The number of methoxy groups -OCH3 is 1. The number of nitrogen functional groups attached to an aromatic ring is 1. The van der Waals surface area contributed by atoms with Crippen molar-refractivity contribution in [2.45, 2.75) is 27.4 Å². The predicted octanol–water partition coefficient (Wildman–Crippen LogP) is 1.41. The first-order valence-electron chi connectivity index (χ1n) is 7.26. The lowest BCUT2D eigenvalue weighted by atomic mass is 10.2. The van der Waals surface area contributed by atoms with Gasteiger partial charge in [-0.15, -0.1) is 0 Å². The highest BCUT2D eigenvalue weighted by molar-refractivity contribution is 5.49. The minimum absolute atomic E-state index is 0.374. The zero-order chi connectivity index (χ0) is 15.7. The second-order valence-corrected chi connectivity index (χ2v) is 5.14. The van der Waals surface area contributed by atoms with Crippen molar-refractivity contribution in [3.63, 3.8) is 0 Å². The van der Waals surface area contributed by atoms with Gasteiger partial charge in [-0.05, 0) is 12.8 Å². The summed E-state index contributed by atoms with van der Waals surface area (Å²) in [6.07, 6.45) is 0. The SMILES string of the molecule is CCOCc1nc(NN)cc(N(CCOC)CC(C)C)n1. The number of hydrogen-bond acceptors (Lipinski definition) is 7. The van der Waals surface area contributed by atoms with Gasteiger partial charge in [-0.25, -0.2) is 15.8 Å². The topological polar surface area (TPSA) is 85.5 Å². The van der Waals surface area contributed by atoms with Crippen molar-refractivity contribution in [1.29, 1.82) is 0 Å². The summed E-state index contributed by atoms with van der Waals surface area (Å²) in [5.74, 6) is 8.04. The second kappa shape index (κ2) is 9.49. The molecule has 21 heavy (non-hydrogen) atoms. The van der Waals surface area contributed by atoms with Crippen LogP contribution in [0.15, 0.2) is 6.07 Å². The Morgan fingerprint density at radius 2 is 2.14 bits per heavy atom. The molecular weight excluding hydrogens is 270 g/mol. The molecule has 0 saturated heterocycles. The third-order valence-electron chi connectivity index (χ3n) is 2.82. The van der Waals surface area contributed by atoms with E-state index in [4.69, 9.17) is 15.3 Å². The Bertz CT molecular complexity index is 414. The summed E-state index contributed by atoms with van der Waals surface area (Å²) in [6.45, 7) is 9.58. The average Bonchev–Trinajstić information content (AvgIpc) is 2.48. The van der Waals surface area contributed by atoms with Gasteiger partial charge in [-0.1, -0.05) is 13.8 Å². The number of hydrazine groups is 1. The molecule has 1 aromatic heterocycles. The monoisotopic (exact) mass is 297 g/mol. The van der Waals surface area contributed by atoms with Crippen molar-refractivity contribution in [1.82, 2.24) is 9.97 Å². The Kier molecular flexibility index (Phi) is 7.96. The van der Waals surface area contributed by atoms with E-state index in [9.17, 15) is 0 Å². The molecule has 0 aliphatic heterocycles. The Balaban J connectivity index is 2.97. The van der Waals surface area contributed by atoms with Crippen LogP contribution in [-0.4, -0.2) is 43.4 Å². The largest absolute Gasteiger partial charge is 0.383 e. The quantitative estimate of drug-likeness (QED) is 0.499. The van der Waals surface area contributed by atoms with Gasteiger partial charge in [0, 0.05) is 32.9 Å². The molecule has 1 heterocycles. The molecule has 7 heteroatoms. The minimum atomic E-state index is 0.374. The smallest absolute Gasteiger partial charge is 0.158 e. The molecule has 120 valence electrons. The number of anilines is 2. The molecule has 0 aliphatic carbocycles. The fourth-order valence-electron chi connectivity index (χ4n) is 1.92. The van der Waals surface area contributed by atoms with Crippen LogP contribution in [0.2, 0.25) is 0 Å². The van der Waals surface area contributed by atoms with Crippen LogP contribution in [0.4, 0.5) is 11.6 Å². The summed E-state index contributed by atoms with van der Waals surface area (Å²) in [4.78, 5) is 11.0. The molecule has 0 bridgehead atoms. The summed E-state index contributed by atoms with van der Waals surface area (Å²) in [5, 5.41) is 0. The summed E-state index contributed by atoms with van der Waals surface area (Å²) in [6, 6.07) is 1.84. The molecule has 0 saturated carbocycles. The van der Waals surface area contributed by atoms with Crippen LogP contribution < -0.4 is 16.2 Å². The van der Waals surface area contributed by atoms with Crippen molar-refractivity contribution in [3.05, 3.63) is 11.9 Å². The Labute approximate surface area is 126 Å². The van der Waals surface area contributed by atoms with E-state index < -0.39 is 0 Å². The lowest BCUT2D eigenvalue weighted by Crippen LogP contribution is -2.32. The molecule has 0 aliphatic rings. The summed E-state index contributed by atoms with van der Waals surface area (Å²) >= 11 is 0. The Morgan fingerprint density at radius 3 is 2.71 bits per heavy atom. The number of aromatic nitrogens is 2. The maximum atomic E-state index is 5.49. The molecule has 0 radical (unpaired) electrons. The molecule has 0 amide bonds. The van der Waals surface area contributed by atoms with E-state index in [0.29, 0.717) is 37.4 Å². The molecule has 7 nitrogen and oxygen atoms in total. The highest BCUT2D eigenvalue weighted by Crippen LogP contribution is 2.17. The van der Waals surface area contributed by atoms with E-state index in [2.05, 4.69) is 34.1 Å². The van der Waals surface area contributed by atoms with Crippen LogP contribution in [-0.2, 0) is 16.1 Å². The van der Waals surface area contributed by atoms with Crippen LogP contribution in [0.5, 0.6) is 0 Å². The van der Waals surface area contributed by atoms with Gasteiger partial charge in [0.15, 0.2) is 5.82 Å². The highest BCUT2D eigenvalue weighted by atomic mass is 16.5. The molecule has 1 aromatic rings. The molecule has 0 spiro atoms. The van der Waals surface area contributed by atoms with Crippen LogP contribution in [0, 0.1) is 5.92 Å². The number of nitrogens with one attached hydrogen (secondary N) is 1. The van der Waals surface area contributed by atoms with E-state index in [1.807, 2.05) is 13.0 Å². The number of rotatable bonds is 10. The number of nitrogens with two attached hydrogens (primary N) is 1. The van der Waals surface area contributed by atoms with Crippen LogP contribution >= 0.6 is 0 Å². The van der Waals surface area contributed by atoms with Gasteiger partial charge in [-0.3, -0.25) is 0 Å². The highest BCUT2D eigenvalue weighted by Gasteiger charge is 2.13. The normalized spacial score (nSPS) is 11.0. The van der Waals surface area contributed by atoms with Crippen molar-refractivity contribution in [3.8, 4) is 0 Å². The fraction of sp³-hybridized carbons (Fsp3) is 0.714. The summed E-state index contributed by atoms with van der Waals surface area (Å²) in [5.41, 5.74) is 2.58. The van der Waals surface area contributed by atoms with Crippen LogP contribution in [0.25, 0.3) is 0 Å². The molecular formula is C14H27N5O2. The number of nitrogens with zero attached hydrogens (tertiary/aromatic N) is 3. The first-order valence-corrected chi connectivity index (χ1v) is 7.26. The maximum Gasteiger partial charge on any atom is 0.158 e. The second-order valence-electron chi connectivity index (χ2n) is 5.14. The van der Waals surface area contributed by atoms with Gasteiger partial charge in [-0.2, -0.15) is 0 Å². The maximum absolute atomic E-state index is 5.49. The van der Waals surface area contributed by atoms with Crippen molar-refractivity contribution >= 4 is 11.6 Å². The predicted molar refractivity (Wildman–Crippen MR) is 84.1 cm³/mol. The van der Waals surface area contributed by atoms with Gasteiger partial charge >= 0.3 is 0 Å². The van der Waals surface area contributed by atoms with Crippen LogP contribution in [0.3, 0.4) is 0 Å². The summed E-state index contributed by atoms with van der Waals surface area (Å²) < 4.78 is 10.6. The molecule has 3 N–H and O–H groups in total. The standard InChI is InChI=1S/C14H27N5O2/c1-5-21-10-13-16-12(18-15)8-14(17-13)19(6-7-20-4)9-11(2)3/h8,11H,5-7,9-10,15H2,1-4H3,(H,16,17,18). The van der Waals surface area contributed by atoms with E-state index in [1.54, 1.807) is 7.11 Å². The van der Waals surface area contributed by atoms with Crippen molar-refractivity contribution in [2.24, 2.45) is 11.8 Å². The van der Waals surface area contributed by atoms with Crippen molar-refractivity contribution < 1.29 is 9.47 Å². The van der Waals surface area contributed by atoms with E-state index >= 15 is 0 Å². The molecule has 0 atom stereocenters. The zero-order valence-corrected chi connectivity index (χ0v) is 13.4. The number of ether oxygens (including phenoxy) is 2. The molecule has 0 fully saturated rings. The third kappa shape index (κ3) is 6.24. The van der Waals surface area contributed by atoms with Gasteiger partial charge < -0.3 is 19.8 Å². The van der Waals surface area contributed by atoms with Gasteiger partial charge in [0.2, 0.25) is 0 Å². The Morgan fingerprint density at radius 1 is 1.38 bits per heavy atom. The first kappa shape index (κ1) is 17.6. The molecule has 0 aromatic carbocycles. The third-order valence-corrected chi connectivity index (χ3v) is 2.82. The molecule has 1 rings (SSSR count). The Hall–Kier alpha value is -1.44. The summed E-state index contributed by atoms with van der Waals surface area (Å²) in [7, 11) is 1.70. The van der Waals surface area contributed by atoms with Gasteiger partial charge in [0.05, 0.1) is 6.61 Å². The van der Waals surface area contributed by atoms with E-state index in [1.165, 1.54) is 0 Å². The lowest BCUT2D eigenvalue weighted by molar-refractivity contribution is 0.128. The molecule has 0 unspecified atom stereocenters. The minimum Gasteiger partial charge on any atom is -0.383 e. The first-order chi connectivity index (χ1) is 10.1. The van der Waals surface area contributed by atoms with Crippen LogP contribution in [0.1, 0.15) is 26.6 Å². The van der Waals surface area contributed by atoms with E-state index in [-0.39, 0.29) is 0 Å². The zero-order valence-electron chi connectivity index (χ0n) is 13.4.